The van der Waals surface area contributed by atoms with Gasteiger partial charge in [0.05, 0.1) is 17.7 Å². The molecule has 1 rings (SSSR count). The second-order valence-corrected chi connectivity index (χ2v) is 6.43. The molecule has 0 heterocycles. The molecule has 0 aliphatic heterocycles. The molecule has 134 valence electrons. The Bertz CT molecular complexity index is 657. The zero-order valence-corrected chi connectivity index (χ0v) is 15.0. The van der Waals surface area contributed by atoms with Crippen molar-refractivity contribution >= 4 is 17.5 Å². The minimum atomic E-state index is -0.841. The monoisotopic (exact) mass is 344 g/mol. The Balaban J connectivity index is 2.65. The first-order chi connectivity index (χ1) is 11.7. The molecule has 6 nitrogen and oxygen atoms in total. The number of rotatable bonds is 9. The maximum Gasteiger partial charge on any atom is 0.258 e. The van der Waals surface area contributed by atoms with Crippen molar-refractivity contribution in [1.82, 2.24) is 5.32 Å². The van der Waals surface area contributed by atoms with Crippen molar-refractivity contribution in [2.75, 3.05) is 6.61 Å². The zero-order chi connectivity index (χ0) is 19.0. The Morgan fingerprint density at radius 2 is 1.68 bits per heavy atom. The summed E-state index contributed by atoms with van der Waals surface area (Å²) in [5.41, 5.74) is 0.492. The Labute approximate surface area is 148 Å². The molecule has 1 aromatic rings. The average Bonchev–Trinajstić information content (AvgIpc) is 2.58. The van der Waals surface area contributed by atoms with Gasteiger partial charge in [0, 0.05) is 18.3 Å². The van der Waals surface area contributed by atoms with Crippen molar-refractivity contribution in [1.29, 1.82) is 5.26 Å². The molecule has 0 aromatic heterocycles. The molecule has 25 heavy (non-hydrogen) atoms. The number of nitriles is 1. The van der Waals surface area contributed by atoms with Gasteiger partial charge in [-0.15, -0.1) is 0 Å². The predicted molar refractivity (Wildman–Crippen MR) is 92.9 cm³/mol. The number of carbonyl (C=O) groups is 3. The molecule has 0 saturated carbocycles. The van der Waals surface area contributed by atoms with Crippen LogP contribution in [0.4, 0.5) is 0 Å². The lowest BCUT2D eigenvalue weighted by Crippen LogP contribution is -2.46. The zero-order valence-electron chi connectivity index (χ0n) is 15.0. The van der Waals surface area contributed by atoms with Crippen molar-refractivity contribution in [3.63, 3.8) is 0 Å². The molecule has 1 atom stereocenters. The summed E-state index contributed by atoms with van der Waals surface area (Å²) in [6.07, 6.45) is -0.0166. The number of hydrogen-bond donors (Lipinski definition) is 1. The number of benzene rings is 1. The van der Waals surface area contributed by atoms with E-state index >= 15 is 0 Å². The summed E-state index contributed by atoms with van der Waals surface area (Å²) >= 11 is 0. The summed E-state index contributed by atoms with van der Waals surface area (Å²) in [5, 5.41) is 11.3. The van der Waals surface area contributed by atoms with Gasteiger partial charge in [0.2, 0.25) is 0 Å². The van der Waals surface area contributed by atoms with Crippen molar-refractivity contribution in [2.45, 2.75) is 40.2 Å². The lowest BCUT2D eigenvalue weighted by molar-refractivity contribution is -0.133. The summed E-state index contributed by atoms with van der Waals surface area (Å²) < 4.78 is 5.34. The molecular weight excluding hydrogens is 320 g/mol. The van der Waals surface area contributed by atoms with Crippen LogP contribution in [0.3, 0.4) is 0 Å². The molecule has 0 radical (unpaired) electrons. The van der Waals surface area contributed by atoms with Crippen molar-refractivity contribution in [3.05, 3.63) is 29.8 Å². The smallest absolute Gasteiger partial charge is 0.258 e. The van der Waals surface area contributed by atoms with Crippen LogP contribution >= 0.6 is 0 Å². The average molecular weight is 344 g/mol. The van der Waals surface area contributed by atoms with E-state index in [1.54, 1.807) is 52.0 Å². The quantitative estimate of drug-likeness (QED) is 0.741. The summed E-state index contributed by atoms with van der Waals surface area (Å²) in [6, 6.07) is 7.49. The SMILES string of the molecule is CC(C)C(=O)CC(NC(=O)COc1ccc(C#N)cc1)C(=O)C(C)C. The molecule has 1 N–H and O–H groups in total. The van der Waals surface area contributed by atoms with Crippen LogP contribution in [-0.2, 0) is 14.4 Å². The van der Waals surface area contributed by atoms with Crippen molar-refractivity contribution in [2.24, 2.45) is 11.8 Å². The van der Waals surface area contributed by atoms with Crippen LogP contribution < -0.4 is 10.1 Å². The summed E-state index contributed by atoms with van der Waals surface area (Å²) in [4.78, 5) is 36.3. The van der Waals surface area contributed by atoms with Crippen LogP contribution in [0.25, 0.3) is 0 Å². The van der Waals surface area contributed by atoms with Gasteiger partial charge >= 0.3 is 0 Å². The van der Waals surface area contributed by atoms with E-state index in [9.17, 15) is 14.4 Å². The van der Waals surface area contributed by atoms with E-state index in [0.717, 1.165) is 0 Å². The van der Waals surface area contributed by atoms with Crippen molar-refractivity contribution in [3.8, 4) is 11.8 Å². The lowest BCUT2D eigenvalue weighted by Gasteiger charge is -2.20. The fourth-order valence-corrected chi connectivity index (χ4v) is 2.07. The van der Waals surface area contributed by atoms with Crippen LogP contribution in [0, 0.1) is 23.2 Å². The Kier molecular flexibility index (Phi) is 7.80. The lowest BCUT2D eigenvalue weighted by atomic mass is 9.94. The fraction of sp³-hybridized carbons (Fsp3) is 0.474. The number of nitrogens with zero attached hydrogens (tertiary/aromatic N) is 1. The van der Waals surface area contributed by atoms with Gasteiger partial charge in [0.1, 0.15) is 11.5 Å². The number of ether oxygens (including phenoxy) is 1. The van der Waals surface area contributed by atoms with E-state index in [2.05, 4.69) is 5.32 Å². The predicted octanol–water partition coefficient (Wildman–Crippen LogP) is 2.26. The standard InChI is InChI=1S/C19H24N2O4/c1-12(2)17(22)9-16(19(24)13(3)4)21-18(23)11-25-15-7-5-14(10-20)6-8-15/h5-8,12-13,16H,9,11H2,1-4H3,(H,21,23). The summed E-state index contributed by atoms with van der Waals surface area (Å²) in [6.45, 7) is 6.71. The van der Waals surface area contributed by atoms with E-state index in [-0.39, 0.29) is 36.4 Å². The summed E-state index contributed by atoms with van der Waals surface area (Å²) in [5.74, 6) is -0.772. The highest BCUT2D eigenvalue weighted by Crippen LogP contribution is 2.12. The Hall–Kier alpha value is -2.68. The molecule has 0 bridgehead atoms. The molecular formula is C19H24N2O4. The third-order valence-electron chi connectivity index (χ3n) is 3.65. The van der Waals surface area contributed by atoms with Crippen LogP contribution in [0.2, 0.25) is 0 Å². The molecule has 0 aliphatic carbocycles. The molecule has 0 fully saturated rings. The van der Waals surface area contributed by atoms with Gasteiger partial charge in [0.15, 0.2) is 12.4 Å². The first-order valence-corrected chi connectivity index (χ1v) is 8.23. The third kappa shape index (κ3) is 6.76. The molecule has 1 aromatic carbocycles. The third-order valence-corrected chi connectivity index (χ3v) is 3.65. The van der Waals surface area contributed by atoms with Gasteiger partial charge < -0.3 is 10.1 Å². The van der Waals surface area contributed by atoms with Gasteiger partial charge in [-0.25, -0.2) is 0 Å². The van der Waals surface area contributed by atoms with Crippen LogP contribution in [-0.4, -0.2) is 30.1 Å². The number of ketones is 2. The van der Waals surface area contributed by atoms with Gasteiger partial charge in [-0.3, -0.25) is 14.4 Å². The molecule has 0 spiro atoms. The van der Waals surface area contributed by atoms with Crippen LogP contribution in [0.15, 0.2) is 24.3 Å². The fourth-order valence-electron chi connectivity index (χ4n) is 2.07. The number of amides is 1. The van der Waals surface area contributed by atoms with Crippen molar-refractivity contribution < 1.29 is 19.1 Å². The minimum Gasteiger partial charge on any atom is -0.484 e. The van der Waals surface area contributed by atoms with Crippen LogP contribution in [0.1, 0.15) is 39.7 Å². The van der Waals surface area contributed by atoms with Gasteiger partial charge in [-0.05, 0) is 24.3 Å². The molecule has 0 aliphatic rings. The van der Waals surface area contributed by atoms with E-state index in [0.29, 0.717) is 11.3 Å². The molecule has 6 heteroatoms. The number of carbonyl (C=O) groups excluding carboxylic acids is 3. The highest BCUT2D eigenvalue weighted by Gasteiger charge is 2.26. The Morgan fingerprint density at radius 1 is 1.08 bits per heavy atom. The normalized spacial score (nSPS) is 11.7. The second kappa shape index (κ2) is 9.58. The number of Topliss-reactive ketones (excluding diaryl/α,β-unsaturated/α-hetero) is 2. The first-order valence-electron chi connectivity index (χ1n) is 8.23. The van der Waals surface area contributed by atoms with E-state index in [1.807, 2.05) is 6.07 Å². The number of hydrogen-bond acceptors (Lipinski definition) is 5. The van der Waals surface area contributed by atoms with Gasteiger partial charge in [-0.1, -0.05) is 27.7 Å². The molecule has 0 saturated heterocycles. The first kappa shape index (κ1) is 20.4. The van der Waals surface area contributed by atoms with Gasteiger partial charge in [0.25, 0.3) is 5.91 Å². The van der Waals surface area contributed by atoms with Gasteiger partial charge in [-0.2, -0.15) is 5.26 Å². The van der Waals surface area contributed by atoms with E-state index < -0.39 is 11.9 Å². The van der Waals surface area contributed by atoms with E-state index in [1.165, 1.54) is 0 Å². The maximum absolute atomic E-state index is 12.2. The molecule has 1 amide bonds. The summed E-state index contributed by atoms with van der Waals surface area (Å²) in [7, 11) is 0. The topological polar surface area (TPSA) is 96.3 Å². The Morgan fingerprint density at radius 3 is 2.16 bits per heavy atom. The number of nitrogens with one attached hydrogen (secondary N) is 1. The maximum atomic E-state index is 12.2. The van der Waals surface area contributed by atoms with E-state index in [4.69, 9.17) is 10.00 Å². The second-order valence-electron chi connectivity index (χ2n) is 6.43. The highest BCUT2D eigenvalue weighted by molar-refractivity contribution is 5.95. The van der Waals surface area contributed by atoms with Crippen LogP contribution in [0.5, 0.6) is 5.75 Å². The minimum absolute atomic E-state index is 0.0166. The molecule has 1 unspecified atom stereocenters. The highest BCUT2D eigenvalue weighted by atomic mass is 16.5. The largest absolute Gasteiger partial charge is 0.484 e.